The minimum atomic E-state index is -0.973. The molecule has 1 radical (unpaired) electrons. The lowest BCUT2D eigenvalue weighted by Crippen LogP contribution is -2.21. The van der Waals surface area contributed by atoms with Crippen molar-refractivity contribution in [1.29, 1.82) is 0 Å². The molecule has 0 aliphatic rings. The van der Waals surface area contributed by atoms with Gasteiger partial charge in [0, 0.05) is 5.56 Å². The number of hydrogen-bond donors (Lipinski definition) is 1. The van der Waals surface area contributed by atoms with Crippen LogP contribution < -0.4 is 4.43 Å². The zero-order valence-electron chi connectivity index (χ0n) is 16.8. The normalized spacial score (nSPS) is 12.5. The van der Waals surface area contributed by atoms with Crippen LogP contribution in [0.5, 0.6) is 11.5 Å². The van der Waals surface area contributed by atoms with Gasteiger partial charge in [-0.05, 0) is 41.1 Å². The number of benzene rings is 2. The van der Waals surface area contributed by atoms with E-state index in [1.165, 1.54) is 0 Å². The molecule has 0 amide bonds. The summed E-state index contributed by atoms with van der Waals surface area (Å²) < 4.78 is 6.35. The predicted octanol–water partition coefficient (Wildman–Crippen LogP) is 6.28. The van der Waals surface area contributed by atoms with Gasteiger partial charge in [0.25, 0.3) is 9.04 Å². The third-order valence-electron chi connectivity index (χ3n) is 4.24. The zero-order valence-corrected chi connectivity index (χ0v) is 17.8. The molecular weight excluding hydrogens is 324 g/mol. The second-order valence-corrected chi connectivity index (χ2v) is 10.9. The number of hydrogen-bond acceptors (Lipinski definition) is 2. The van der Waals surface area contributed by atoms with Gasteiger partial charge in [-0.1, -0.05) is 71.9 Å². The summed E-state index contributed by atoms with van der Waals surface area (Å²) in [6, 6.07) is 12.2. The molecule has 2 rings (SSSR count). The summed E-state index contributed by atoms with van der Waals surface area (Å²) in [4.78, 5) is 0. The molecule has 0 atom stereocenters. The van der Waals surface area contributed by atoms with E-state index >= 15 is 0 Å². The first-order valence-electron chi connectivity index (χ1n) is 8.87. The number of phenolic OH excluding ortho intramolecular Hbond substituents is 1. The van der Waals surface area contributed by atoms with E-state index in [0.717, 1.165) is 28.0 Å². The summed E-state index contributed by atoms with van der Waals surface area (Å²) in [5.74, 6) is 1.17. The Kier molecular flexibility index (Phi) is 5.38. The van der Waals surface area contributed by atoms with Crippen molar-refractivity contribution in [2.75, 3.05) is 0 Å². The molecule has 0 saturated carbocycles. The van der Waals surface area contributed by atoms with Crippen LogP contribution in [-0.4, -0.2) is 14.1 Å². The van der Waals surface area contributed by atoms with E-state index in [2.05, 4.69) is 60.7 Å². The summed E-state index contributed by atoms with van der Waals surface area (Å²) in [5.41, 5.74) is 3.70. The monoisotopic (exact) mass is 355 g/mol. The van der Waals surface area contributed by atoms with Crippen molar-refractivity contribution in [3.05, 3.63) is 47.5 Å². The van der Waals surface area contributed by atoms with Crippen molar-refractivity contribution >= 4 is 9.04 Å². The molecule has 0 aliphatic carbocycles. The van der Waals surface area contributed by atoms with Crippen LogP contribution in [0, 0.1) is 0 Å². The highest BCUT2D eigenvalue weighted by Gasteiger charge is 2.30. The summed E-state index contributed by atoms with van der Waals surface area (Å²) in [5, 5.41) is 11.2. The van der Waals surface area contributed by atoms with Crippen LogP contribution in [0.1, 0.15) is 52.7 Å². The van der Waals surface area contributed by atoms with Crippen molar-refractivity contribution in [2.24, 2.45) is 0 Å². The Balaban J connectivity index is 2.94. The molecule has 0 fully saturated rings. The van der Waals surface area contributed by atoms with Gasteiger partial charge in [-0.15, -0.1) is 0 Å². The predicted molar refractivity (Wildman–Crippen MR) is 109 cm³/mol. The number of phenols is 1. The van der Waals surface area contributed by atoms with E-state index < -0.39 is 9.04 Å². The first kappa shape index (κ1) is 19.6. The van der Waals surface area contributed by atoms with Gasteiger partial charge in [0.1, 0.15) is 11.5 Å². The summed E-state index contributed by atoms with van der Waals surface area (Å²) in [6.45, 7) is 17.3. The lowest BCUT2D eigenvalue weighted by atomic mass is 9.77. The Morgan fingerprint density at radius 1 is 0.840 bits per heavy atom. The Hall–Kier alpha value is -1.74. The highest BCUT2D eigenvalue weighted by Crippen LogP contribution is 2.49. The van der Waals surface area contributed by atoms with Crippen molar-refractivity contribution in [3.8, 4) is 22.6 Å². The average molecular weight is 356 g/mol. The molecule has 1 N–H and O–H groups in total. The van der Waals surface area contributed by atoms with Gasteiger partial charge in [-0.25, -0.2) is 0 Å². The van der Waals surface area contributed by atoms with E-state index in [1.807, 2.05) is 30.3 Å². The molecule has 25 heavy (non-hydrogen) atoms. The fourth-order valence-corrected chi connectivity index (χ4v) is 3.59. The fourth-order valence-electron chi connectivity index (χ4n) is 2.97. The third kappa shape index (κ3) is 4.27. The molecule has 2 aromatic carbocycles. The van der Waals surface area contributed by atoms with E-state index in [4.69, 9.17) is 4.43 Å². The Labute approximate surface area is 154 Å². The van der Waals surface area contributed by atoms with Gasteiger partial charge in [-0.2, -0.15) is 0 Å². The van der Waals surface area contributed by atoms with Crippen LogP contribution in [0.4, 0.5) is 0 Å². The number of aromatic hydroxyl groups is 1. The maximum atomic E-state index is 11.2. The van der Waals surface area contributed by atoms with Gasteiger partial charge in [0.15, 0.2) is 0 Å². The molecule has 0 aromatic heterocycles. The fraction of sp³-hybridized carbons (Fsp3) is 0.455. The highest BCUT2D eigenvalue weighted by atomic mass is 28.3. The largest absolute Gasteiger partial charge is 0.542 e. The minimum Gasteiger partial charge on any atom is -0.542 e. The third-order valence-corrected chi connectivity index (χ3v) is 4.85. The van der Waals surface area contributed by atoms with Crippen molar-refractivity contribution < 1.29 is 9.53 Å². The van der Waals surface area contributed by atoms with Crippen LogP contribution in [0.2, 0.25) is 13.1 Å². The Bertz CT molecular complexity index is 735. The van der Waals surface area contributed by atoms with Crippen LogP contribution in [-0.2, 0) is 10.8 Å². The maximum absolute atomic E-state index is 11.2. The molecule has 2 aromatic rings. The van der Waals surface area contributed by atoms with Crippen LogP contribution in [0.25, 0.3) is 11.1 Å². The second-order valence-electron chi connectivity index (χ2n) is 8.90. The SMILES string of the molecule is C[Si](C)Oc1c(C(C)(C)C)cc(C(C)(C)C)c(O)c1-c1ccccc1. The summed E-state index contributed by atoms with van der Waals surface area (Å²) >= 11 is 0. The molecule has 0 spiro atoms. The summed E-state index contributed by atoms with van der Waals surface area (Å²) in [7, 11) is -0.973. The molecule has 3 heteroatoms. The van der Waals surface area contributed by atoms with E-state index in [1.54, 1.807) is 0 Å². The molecule has 0 saturated heterocycles. The van der Waals surface area contributed by atoms with Gasteiger partial charge in [-0.3, -0.25) is 0 Å². The lowest BCUT2D eigenvalue weighted by molar-refractivity contribution is 0.440. The van der Waals surface area contributed by atoms with Crippen LogP contribution >= 0.6 is 0 Å². The van der Waals surface area contributed by atoms with Crippen molar-refractivity contribution in [2.45, 2.75) is 65.5 Å². The van der Waals surface area contributed by atoms with Crippen LogP contribution in [0.15, 0.2) is 36.4 Å². The minimum absolute atomic E-state index is 0.0795. The first-order valence-corrected chi connectivity index (χ1v) is 11.3. The standard InChI is InChI=1S/C22H31O2Si/c1-21(2,3)16-14-17(22(4,5)6)20(24-25(7)8)18(19(16)23)15-12-10-9-11-13-15/h9-14,23H,1-8H3. The lowest BCUT2D eigenvalue weighted by Gasteiger charge is -2.31. The van der Waals surface area contributed by atoms with E-state index in [-0.39, 0.29) is 10.8 Å². The zero-order chi connectivity index (χ0) is 19.0. The Morgan fingerprint density at radius 3 is 1.80 bits per heavy atom. The molecule has 0 unspecified atom stereocenters. The van der Waals surface area contributed by atoms with Crippen molar-refractivity contribution in [3.63, 3.8) is 0 Å². The molecule has 135 valence electrons. The highest BCUT2D eigenvalue weighted by molar-refractivity contribution is 6.49. The molecular formula is C22H31O2Si. The maximum Gasteiger partial charge on any atom is 0.274 e. The van der Waals surface area contributed by atoms with Crippen LogP contribution in [0.3, 0.4) is 0 Å². The quantitative estimate of drug-likeness (QED) is 0.656. The van der Waals surface area contributed by atoms with Crippen molar-refractivity contribution in [1.82, 2.24) is 0 Å². The first-order chi connectivity index (χ1) is 11.4. The smallest absolute Gasteiger partial charge is 0.274 e. The molecule has 0 bridgehead atoms. The second kappa shape index (κ2) is 6.87. The van der Waals surface area contributed by atoms with Gasteiger partial charge >= 0.3 is 0 Å². The number of rotatable bonds is 3. The Morgan fingerprint density at radius 2 is 1.36 bits per heavy atom. The molecule has 0 heterocycles. The molecule has 0 aliphatic heterocycles. The van der Waals surface area contributed by atoms with E-state index in [9.17, 15) is 5.11 Å². The van der Waals surface area contributed by atoms with Gasteiger partial charge in [0.2, 0.25) is 0 Å². The van der Waals surface area contributed by atoms with Gasteiger partial charge < -0.3 is 9.53 Å². The summed E-state index contributed by atoms with van der Waals surface area (Å²) in [6.07, 6.45) is 0. The topological polar surface area (TPSA) is 29.5 Å². The van der Waals surface area contributed by atoms with Gasteiger partial charge in [0.05, 0.1) is 5.56 Å². The average Bonchev–Trinajstić information content (AvgIpc) is 2.45. The van der Waals surface area contributed by atoms with E-state index in [0.29, 0.717) is 5.75 Å². The molecule has 2 nitrogen and oxygen atoms in total.